The second-order valence-corrected chi connectivity index (χ2v) is 11.7. The highest BCUT2D eigenvalue weighted by Crippen LogP contribution is 2.45. The number of nitrogens with zero attached hydrogens (tertiary/aromatic N) is 4. The smallest absolute Gasteiger partial charge is 0.408 e. The van der Waals surface area contributed by atoms with Crippen molar-refractivity contribution in [2.45, 2.75) is 69.7 Å². The predicted octanol–water partition coefficient (Wildman–Crippen LogP) is 0.678. The Morgan fingerprint density at radius 2 is 1.96 bits per heavy atom. The van der Waals surface area contributed by atoms with Gasteiger partial charge in [-0.15, -0.1) is 10.2 Å². The maximum absolute atomic E-state index is 14.0. The second-order valence-electron chi connectivity index (χ2n) is 11.7. The summed E-state index contributed by atoms with van der Waals surface area (Å²) in [6.07, 6.45) is 0.608. The molecule has 2 fully saturated rings. The van der Waals surface area contributed by atoms with Crippen molar-refractivity contribution in [2.75, 3.05) is 13.2 Å². The maximum atomic E-state index is 14.0. The molecule has 3 aromatic rings. The van der Waals surface area contributed by atoms with E-state index in [2.05, 4.69) is 31.3 Å². The largest absolute Gasteiger partial charge is 0.485 e. The van der Waals surface area contributed by atoms with E-state index < -0.39 is 65.4 Å². The third kappa shape index (κ3) is 8.21. The molecule has 48 heavy (non-hydrogen) atoms. The van der Waals surface area contributed by atoms with Gasteiger partial charge >= 0.3 is 17.7 Å². The van der Waals surface area contributed by atoms with Crippen LogP contribution >= 0.6 is 0 Å². The molecule has 254 valence electrons. The summed E-state index contributed by atoms with van der Waals surface area (Å²) in [5.74, 6) is -3.86. The number of nitrogens with one attached hydrogen (secondary N) is 3. The summed E-state index contributed by atoms with van der Waals surface area (Å²) >= 11 is 0. The molecule has 3 amide bonds. The van der Waals surface area contributed by atoms with Gasteiger partial charge in [-0.05, 0) is 44.6 Å². The van der Waals surface area contributed by atoms with Crippen LogP contribution in [0.2, 0.25) is 0 Å². The number of H-pyrrole nitrogens is 1. The summed E-state index contributed by atoms with van der Waals surface area (Å²) in [6.45, 7) is 1.05. The quantitative estimate of drug-likeness (QED) is 0.186. The molecule has 2 unspecified atom stereocenters. The van der Waals surface area contributed by atoms with Gasteiger partial charge in [0.25, 0.3) is 0 Å². The van der Waals surface area contributed by atoms with Gasteiger partial charge in [0.2, 0.25) is 11.8 Å². The predicted molar refractivity (Wildman–Crippen MR) is 162 cm³/mol. The average molecular weight is 666 g/mol. The lowest BCUT2D eigenvalue weighted by Gasteiger charge is -2.37. The Morgan fingerprint density at radius 3 is 2.65 bits per heavy atom. The number of carbonyl (C=O) groups excluding carboxylic acids is 4. The number of ether oxygens (including phenoxy) is 2. The summed E-state index contributed by atoms with van der Waals surface area (Å²) in [5, 5.41) is 28.6. The highest BCUT2D eigenvalue weighted by Gasteiger charge is 2.65. The molecule has 0 radical (unpaired) electrons. The molecule has 5 rings (SSSR count). The van der Waals surface area contributed by atoms with Crippen molar-refractivity contribution in [2.24, 2.45) is 5.92 Å². The van der Waals surface area contributed by atoms with E-state index in [0.29, 0.717) is 18.7 Å². The van der Waals surface area contributed by atoms with Gasteiger partial charge < -0.3 is 34.5 Å². The summed E-state index contributed by atoms with van der Waals surface area (Å²) in [4.78, 5) is 78.8. The summed E-state index contributed by atoms with van der Waals surface area (Å²) in [7, 11) is 0. The first-order valence-corrected chi connectivity index (χ1v) is 15.4. The Balaban J connectivity index is 1.28. The first-order valence-electron chi connectivity index (χ1n) is 15.4. The number of aromatic nitrogens is 4. The number of carbonyl (C=O) groups is 5. The minimum absolute atomic E-state index is 0.0327. The zero-order valence-corrected chi connectivity index (χ0v) is 26.0. The number of alkyl carbamates (subject to hydrolysis) is 1. The van der Waals surface area contributed by atoms with Crippen LogP contribution < -0.4 is 21.0 Å². The van der Waals surface area contributed by atoms with Crippen molar-refractivity contribution in [1.29, 1.82) is 0 Å². The third-order valence-corrected chi connectivity index (χ3v) is 8.28. The molecule has 0 bridgehead atoms. The topological polar surface area (TPSA) is 236 Å². The minimum Gasteiger partial charge on any atom is -0.485 e. The lowest BCUT2D eigenvalue weighted by molar-refractivity contribution is -0.146. The number of amides is 3. The van der Waals surface area contributed by atoms with E-state index in [1.165, 1.54) is 17.9 Å². The molecule has 1 saturated heterocycles. The van der Waals surface area contributed by atoms with Crippen molar-refractivity contribution in [3.63, 3.8) is 0 Å². The molecule has 3 heterocycles. The normalized spacial score (nSPS) is 20.6. The van der Waals surface area contributed by atoms with Crippen molar-refractivity contribution < 1.29 is 43.0 Å². The number of hydrogen-bond acceptors (Lipinski definition) is 12. The van der Waals surface area contributed by atoms with Crippen LogP contribution in [0.1, 0.15) is 49.3 Å². The van der Waals surface area contributed by atoms with E-state index in [4.69, 9.17) is 13.9 Å². The van der Waals surface area contributed by atoms with Gasteiger partial charge in [0.15, 0.2) is 11.6 Å². The number of aliphatic carboxylic acids is 1. The number of rotatable bonds is 14. The van der Waals surface area contributed by atoms with Gasteiger partial charge in [-0.1, -0.05) is 35.5 Å². The van der Waals surface area contributed by atoms with Gasteiger partial charge in [0.1, 0.15) is 42.3 Å². The van der Waals surface area contributed by atoms with Crippen molar-refractivity contribution in [3.8, 4) is 5.75 Å². The Labute approximate surface area is 273 Å². The Hall–Kier alpha value is -5.61. The lowest BCUT2D eigenvalue weighted by Crippen LogP contribution is -2.60. The Kier molecular flexibility index (Phi) is 10.5. The van der Waals surface area contributed by atoms with Gasteiger partial charge in [0.05, 0.1) is 12.0 Å². The molecule has 1 aromatic carbocycles. The van der Waals surface area contributed by atoms with Crippen molar-refractivity contribution in [1.82, 2.24) is 36.2 Å². The van der Waals surface area contributed by atoms with Crippen LogP contribution in [0.5, 0.6) is 5.75 Å². The van der Waals surface area contributed by atoms with E-state index in [9.17, 15) is 33.9 Å². The number of piperidine rings is 1. The van der Waals surface area contributed by atoms with Crippen LogP contribution in [-0.4, -0.2) is 91.1 Å². The van der Waals surface area contributed by atoms with E-state index >= 15 is 0 Å². The third-order valence-electron chi connectivity index (χ3n) is 8.28. The first kappa shape index (κ1) is 33.7. The number of ketones is 1. The van der Waals surface area contributed by atoms with E-state index in [-0.39, 0.29) is 50.3 Å². The molecule has 1 aliphatic carbocycles. The lowest BCUT2D eigenvalue weighted by atomic mass is 9.98. The molecule has 17 nitrogen and oxygen atoms in total. The van der Waals surface area contributed by atoms with E-state index in [1.54, 1.807) is 24.3 Å². The number of tetrazole rings is 1. The van der Waals surface area contributed by atoms with Crippen molar-refractivity contribution >= 4 is 29.7 Å². The fraction of sp³-hybridized carbons (Fsp3) is 0.452. The van der Waals surface area contributed by atoms with Crippen LogP contribution in [0.4, 0.5) is 4.79 Å². The fourth-order valence-electron chi connectivity index (χ4n) is 5.71. The van der Waals surface area contributed by atoms with Gasteiger partial charge in [-0.2, -0.15) is 5.21 Å². The molecule has 1 aliphatic heterocycles. The molecular weight excluding hydrogens is 630 g/mol. The van der Waals surface area contributed by atoms with Crippen LogP contribution in [0, 0.1) is 12.8 Å². The minimum atomic E-state index is -1.76. The summed E-state index contributed by atoms with van der Waals surface area (Å²) in [5.41, 5.74) is -1.71. The van der Waals surface area contributed by atoms with Crippen LogP contribution in [-0.2, 0) is 36.9 Å². The second kappa shape index (κ2) is 14.9. The highest BCUT2D eigenvalue weighted by molar-refractivity contribution is 6.03. The number of benzene rings is 1. The Bertz CT molecular complexity index is 1700. The molecule has 2 aliphatic rings. The summed E-state index contributed by atoms with van der Waals surface area (Å²) < 4.78 is 15.7. The molecule has 17 heteroatoms. The molecule has 4 atom stereocenters. The highest BCUT2D eigenvalue weighted by atomic mass is 16.5. The van der Waals surface area contributed by atoms with Gasteiger partial charge in [0, 0.05) is 19.0 Å². The zero-order valence-electron chi connectivity index (χ0n) is 26.0. The number of Topliss-reactive ketones (excluding diaryl/α,β-unsaturated/α-hetero) is 1. The number of carboxylic acid groups (broad SMARTS) is 1. The van der Waals surface area contributed by atoms with Crippen LogP contribution in [0.3, 0.4) is 0 Å². The molecule has 0 spiro atoms. The van der Waals surface area contributed by atoms with Crippen LogP contribution in [0.25, 0.3) is 0 Å². The SMILES string of the molecule is Cc1cc(OCC(=O)C2(NC(=O)[C@@H]3CCCCN3C(=O)[C@H](CCc3nn[nH]n3)NC(=O)OCc3ccccc3)CC2C(=O)O)cc(=O)o1. The van der Waals surface area contributed by atoms with Gasteiger partial charge in [-0.3, -0.25) is 19.2 Å². The number of likely N-dealkylation sites (tertiary alicyclic amines) is 1. The van der Waals surface area contributed by atoms with E-state index in [0.717, 1.165) is 11.6 Å². The number of carboxylic acids is 1. The molecule has 4 N–H and O–H groups in total. The number of hydrogen-bond donors (Lipinski definition) is 4. The standard InChI is InChI=1S/C31H35N7O10/c1-18-13-20(14-26(40)48-18)46-17-24(39)31(15-21(31)29(43)44)33-27(41)23-9-5-6-12-38(23)28(42)22(10-11-25-34-36-37-35-25)32-30(45)47-16-19-7-3-2-4-8-19/h2-4,7-8,13-14,21-23H,5-6,9-12,15-17H2,1H3,(H,32,45)(H,33,41)(H,43,44)(H,34,35,36,37)/t21?,22-,23-,31?/m0/s1. The fourth-order valence-corrected chi connectivity index (χ4v) is 5.71. The van der Waals surface area contributed by atoms with E-state index in [1.807, 2.05) is 6.07 Å². The molecule has 2 aromatic heterocycles. The van der Waals surface area contributed by atoms with Gasteiger partial charge in [-0.25, -0.2) is 9.59 Å². The maximum Gasteiger partial charge on any atom is 0.408 e. The molecule has 1 saturated carbocycles. The molecular formula is C31H35N7O10. The zero-order chi connectivity index (χ0) is 34.3. The van der Waals surface area contributed by atoms with Crippen molar-refractivity contribution in [3.05, 3.63) is 70.0 Å². The summed E-state index contributed by atoms with van der Waals surface area (Å²) in [6, 6.07) is 9.23. The van der Waals surface area contributed by atoms with Crippen LogP contribution in [0.15, 0.2) is 51.7 Å². The first-order chi connectivity index (χ1) is 23.1. The average Bonchev–Trinajstić information content (AvgIpc) is 3.57. The number of aryl methyl sites for hydroxylation is 2. The number of aromatic amines is 1. The Morgan fingerprint density at radius 1 is 1.17 bits per heavy atom. The monoisotopic (exact) mass is 665 g/mol.